The lowest BCUT2D eigenvalue weighted by molar-refractivity contribution is -0.122. The molecule has 1 fully saturated rings. The highest BCUT2D eigenvalue weighted by atomic mass is 35.5. The van der Waals surface area contributed by atoms with Crippen LogP contribution in [-0.2, 0) is 9.59 Å². The molecule has 6 nitrogen and oxygen atoms in total. The van der Waals surface area contributed by atoms with Crippen LogP contribution >= 0.6 is 11.6 Å². The first-order chi connectivity index (χ1) is 11.6. The SMILES string of the molecule is O=C1NC(=O)N(c2cccc(Cl)c2)C(=O)C1=CC=Cc1ccco1. The molecule has 3 rings (SSSR count). The Balaban J connectivity index is 1.91. The number of hydrogen-bond acceptors (Lipinski definition) is 4. The maximum atomic E-state index is 12.5. The lowest BCUT2D eigenvalue weighted by Crippen LogP contribution is -2.54. The molecule has 1 aromatic carbocycles. The van der Waals surface area contributed by atoms with E-state index in [1.165, 1.54) is 24.5 Å². The number of benzene rings is 1. The van der Waals surface area contributed by atoms with Gasteiger partial charge in [0.15, 0.2) is 0 Å². The monoisotopic (exact) mass is 342 g/mol. The lowest BCUT2D eigenvalue weighted by Gasteiger charge is -2.26. The van der Waals surface area contributed by atoms with E-state index in [0.29, 0.717) is 10.8 Å². The number of urea groups is 1. The Bertz CT molecular complexity index is 868. The summed E-state index contributed by atoms with van der Waals surface area (Å²) in [6, 6.07) is 8.85. The zero-order valence-electron chi connectivity index (χ0n) is 12.2. The predicted molar refractivity (Wildman–Crippen MR) is 88.3 cm³/mol. The van der Waals surface area contributed by atoms with Crippen LogP contribution in [0, 0.1) is 0 Å². The Morgan fingerprint density at radius 1 is 1.12 bits per heavy atom. The number of allylic oxidation sites excluding steroid dienone is 2. The standard InChI is InChI=1S/C17H11ClN2O4/c18-11-4-1-5-12(10-11)20-16(22)14(15(21)19-17(20)23)8-2-6-13-7-3-9-24-13/h1-10H,(H,19,21,23). The van der Waals surface area contributed by atoms with E-state index < -0.39 is 17.8 Å². The third-order valence-electron chi connectivity index (χ3n) is 3.23. The zero-order valence-corrected chi connectivity index (χ0v) is 13.0. The van der Waals surface area contributed by atoms with E-state index in [1.54, 1.807) is 36.4 Å². The van der Waals surface area contributed by atoms with Crippen molar-refractivity contribution in [3.05, 3.63) is 71.2 Å². The lowest BCUT2D eigenvalue weighted by atomic mass is 10.1. The summed E-state index contributed by atoms with van der Waals surface area (Å²) in [4.78, 5) is 37.3. The normalized spacial score (nSPS) is 17.0. The van der Waals surface area contributed by atoms with Crippen molar-refractivity contribution < 1.29 is 18.8 Å². The van der Waals surface area contributed by atoms with Crippen LogP contribution in [0.1, 0.15) is 5.76 Å². The van der Waals surface area contributed by atoms with Crippen LogP contribution in [0.15, 0.2) is 64.8 Å². The maximum absolute atomic E-state index is 12.5. The van der Waals surface area contributed by atoms with Crippen LogP contribution in [0.3, 0.4) is 0 Å². The quantitative estimate of drug-likeness (QED) is 0.686. The second-order valence-electron chi connectivity index (χ2n) is 4.83. The first-order valence-corrected chi connectivity index (χ1v) is 7.31. The molecule has 2 aromatic rings. The summed E-state index contributed by atoms with van der Waals surface area (Å²) in [7, 11) is 0. The van der Waals surface area contributed by atoms with Gasteiger partial charge in [-0.15, -0.1) is 0 Å². The van der Waals surface area contributed by atoms with Gasteiger partial charge >= 0.3 is 6.03 Å². The van der Waals surface area contributed by atoms with E-state index >= 15 is 0 Å². The number of nitrogens with zero attached hydrogens (tertiary/aromatic N) is 1. The topological polar surface area (TPSA) is 79.6 Å². The van der Waals surface area contributed by atoms with E-state index in [4.69, 9.17) is 16.0 Å². The minimum absolute atomic E-state index is 0.169. The number of furan rings is 1. The number of barbiturate groups is 1. The molecule has 24 heavy (non-hydrogen) atoms. The predicted octanol–water partition coefficient (Wildman–Crippen LogP) is 3.16. The highest BCUT2D eigenvalue weighted by Crippen LogP contribution is 2.23. The molecule has 120 valence electrons. The maximum Gasteiger partial charge on any atom is 0.335 e. The van der Waals surface area contributed by atoms with Crippen LogP contribution in [0.25, 0.3) is 6.08 Å². The fourth-order valence-electron chi connectivity index (χ4n) is 2.15. The number of carbonyl (C=O) groups excluding carboxylic acids is 3. The minimum atomic E-state index is -0.820. The number of amides is 4. The molecule has 0 bridgehead atoms. The van der Waals surface area contributed by atoms with Gasteiger partial charge in [0.05, 0.1) is 12.0 Å². The minimum Gasteiger partial charge on any atom is -0.465 e. The smallest absolute Gasteiger partial charge is 0.335 e. The molecule has 7 heteroatoms. The second-order valence-corrected chi connectivity index (χ2v) is 5.27. The number of hydrogen-bond donors (Lipinski definition) is 1. The number of halogens is 1. The van der Waals surface area contributed by atoms with E-state index in [-0.39, 0.29) is 11.3 Å². The van der Waals surface area contributed by atoms with Crippen LogP contribution in [0.5, 0.6) is 0 Å². The van der Waals surface area contributed by atoms with Crippen LogP contribution < -0.4 is 10.2 Å². The average molecular weight is 343 g/mol. The van der Waals surface area contributed by atoms with Gasteiger partial charge in [0.25, 0.3) is 11.8 Å². The molecule has 1 aliphatic heterocycles. The van der Waals surface area contributed by atoms with Gasteiger partial charge in [0, 0.05) is 5.02 Å². The van der Waals surface area contributed by atoms with Gasteiger partial charge < -0.3 is 4.42 Å². The van der Waals surface area contributed by atoms with E-state index in [1.807, 2.05) is 0 Å². The van der Waals surface area contributed by atoms with Gasteiger partial charge in [-0.25, -0.2) is 9.69 Å². The zero-order chi connectivity index (χ0) is 17.1. The number of anilines is 1. The Morgan fingerprint density at radius 3 is 2.67 bits per heavy atom. The summed E-state index contributed by atoms with van der Waals surface area (Å²) in [6.45, 7) is 0. The van der Waals surface area contributed by atoms with Crippen molar-refractivity contribution in [1.82, 2.24) is 5.32 Å². The summed E-state index contributed by atoms with van der Waals surface area (Å²) in [5, 5.41) is 2.50. The molecule has 4 amide bonds. The number of carbonyl (C=O) groups is 3. The van der Waals surface area contributed by atoms with E-state index in [2.05, 4.69) is 5.32 Å². The third kappa shape index (κ3) is 3.13. The number of nitrogens with one attached hydrogen (secondary N) is 1. The Kier molecular flexibility index (Phi) is 4.31. The van der Waals surface area contributed by atoms with Gasteiger partial charge in [0.1, 0.15) is 11.3 Å². The number of imide groups is 2. The molecule has 0 aliphatic carbocycles. The van der Waals surface area contributed by atoms with Gasteiger partial charge in [-0.3, -0.25) is 14.9 Å². The molecule has 1 aliphatic rings. The van der Waals surface area contributed by atoms with E-state index in [0.717, 1.165) is 4.90 Å². The van der Waals surface area contributed by atoms with Gasteiger partial charge in [-0.2, -0.15) is 0 Å². The van der Waals surface area contributed by atoms with Crippen molar-refractivity contribution >= 4 is 41.2 Å². The molecule has 0 spiro atoms. The first-order valence-electron chi connectivity index (χ1n) is 6.93. The fraction of sp³-hybridized carbons (Fsp3) is 0. The molecule has 1 N–H and O–H groups in total. The summed E-state index contributed by atoms with van der Waals surface area (Å²) in [6.07, 6.45) is 5.92. The molecule has 0 saturated carbocycles. The highest BCUT2D eigenvalue weighted by molar-refractivity contribution is 6.38. The van der Waals surface area contributed by atoms with Crippen molar-refractivity contribution in [3.63, 3.8) is 0 Å². The summed E-state index contributed by atoms with van der Waals surface area (Å²) in [5.41, 5.74) is 0.107. The highest BCUT2D eigenvalue weighted by Gasteiger charge is 2.36. The van der Waals surface area contributed by atoms with Crippen molar-refractivity contribution in [3.8, 4) is 0 Å². The number of rotatable bonds is 3. The van der Waals surface area contributed by atoms with Crippen molar-refractivity contribution in [2.24, 2.45) is 0 Å². The van der Waals surface area contributed by atoms with Gasteiger partial charge in [0.2, 0.25) is 0 Å². The molecular formula is C17H11ClN2O4. The Labute approximate surface area is 142 Å². The van der Waals surface area contributed by atoms with E-state index in [9.17, 15) is 14.4 Å². The summed E-state index contributed by atoms with van der Waals surface area (Å²) >= 11 is 5.89. The largest absolute Gasteiger partial charge is 0.465 e. The van der Waals surface area contributed by atoms with Crippen molar-refractivity contribution in [1.29, 1.82) is 0 Å². The Hall–Kier alpha value is -3.12. The third-order valence-corrected chi connectivity index (χ3v) is 3.47. The molecule has 1 saturated heterocycles. The van der Waals surface area contributed by atoms with Crippen molar-refractivity contribution in [2.45, 2.75) is 0 Å². The van der Waals surface area contributed by atoms with Gasteiger partial charge in [-0.05, 0) is 42.5 Å². The molecule has 1 aromatic heterocycles. The Morgan fingerprint density at radius 2 is 1.96 bits per heavy atom. The first kappa shape index (κ1) is 15.8. The summed E-state index contributed by atoms with van der Waals surface area (Å²) in [5.74, 6) is -0.916. The van der Waals surface area contributed by atoms with Gasteiger partial charge in [-0.1, -0.05) is 23.7 Å². The van der Waals surface area contributed by atoms with Crippen LogP contribution in [-0.4, -0.2) is 17.8 Å². The molecule has 0 atom stereocenters. The molecule has 0 radical (unpaired) electrons. The molecule has 0 unspecified atom stereocenters. The van der Waals surface area contributed by atoms with Crippen molar-refractivity contribution in [2.75, 3.05) is 4.90 Å². The average Bonchev–Trinajstić information content (AvgIpc) is 3.03. The second kappa shape index (κ2) is 6.55. The van der Waals surface area contributed by atoms with Crippen LogP contribution in [0.4, 0.5) is 10.5 Å². The van der Waals surface area contributed by atoms with Crippen LogP contribution in [0.2, 0.25) is 5.02 Å². The molecule has 2 heterocycles. The summed E-state index contributed by atoms with van der Waals surface area (Å²) < 4.78 is 5.12. The molecular weight excluding hydrogens is 332 g/mol. The fourth-order valence-corrected chi connectivity index (χ4v) is 2.34.